The first-order chi connectivity index (χ1) is 9.78. The fourth-order valence-electron chi connectivity index (χ4n) is 2.29. The Bertz CT molecular complexity index is 536. The van der Waals surface area contributed by atoms with Crippen LogP contribution < -0.4 is 11.3 Å². The zero-order valence-corrected chi connectivity index (χ0v) is 12.1. The summed E-state index contributed by atoms with van der Waals surface area (Å²) >= 11 is 0. The van der Waals surface area contributed by atoms with Crippen LogP contribution in [0.4, 0.5) is 0 Å². The molecule has 0 saturated carbocycles. The number of pyridine rings is 2. The Labute approximate surface area is 120 Å². The summed E-state index contributed by atoms with van der Waals surface area (Å²) in [5.74, 6) is 5.71. The first-order valence-electron chi connectivity index (χ1n) is 7.12. The van der Waals surface area contributed by atoms with Gasteiger partial charge in [0.25, 0.3) is 0 Å². The molecule has 0 aromatic carbocycles. The third kappa shape index (κ3) is 3.40. The van der Waals surface area contributed by atoms with Gasteiger partial charge >= 0.3 is 0 Å². The zero-order valence-electron chi connectivity index (χ0n) is 12.1. The van der Waals surface area contributed by atoms with E-state index in [4.69, 9.17) is 5.84 Å². The summed E-state index contributed by atoms with van der Waals surface area (Å²) in [5, 5.41) is 0. The Hall–Kier alpha value is -1.78. The van der Waals surface area contributed by atoms with Crippen LogP contribution in [0.3, 0.4) is 0 Å². The Balaban J connectivity index is 2.19. The average Bonchev–Trinajstić information content (AvgIpc) is 2.53. The molecule has 0 aliphatic heterocycles. The molecule has 2 heterocycles. The number of hydrogen-bond acceptors (Lipinski definition) is 4. The third-order valence-corrected chi connectivity index (χ3v) is 3.55. The number of aryl methyl sites for hydroxylation is 2. The van der Waals surface area contributed by atoms with Gasteiger partial charge < -0.3 is 0 Å². The number of nitrogens with one attached hydrogen (secondary N) is 1. The summed E-state index contributed by atoms with van der Waals surface area (Å²) in [7, 11) is 0. The quantitative estimate of drug-likeness (QED) is 0.625. The van der Waals surface area contributed by atoms with Gasteiger partial charge in [0, 0.05) is 24.5 Å². The summed E-state index contributed by atoms with van der Waals surface area (Å²) in [6.45, 7) is 4.25. The van der Waals surface area contributed by atoms with Gasteiger partial charge in [0.05, 0.1) is 11.7 Å². The van der Waals surface area contributed by atoms with Crippen molar-refractivity contribution < 1.29 is 0 Å². The maximum absolute atomic E-state index is 5.71. The van der Waals surface area contributed by atoms with Gasteiger partial charge in [-0.1, -0.05) is 26.0 Å². The van der Waals surface area contributed by atoms with Gasteiger partial charge in [-0.2, -0.15) is 0 Å². The van der Waals surface area contributed by atoms with E-state index in [0.29, 0.717) is 0 Å². The molecule has 0 amide bonds. The van der Waals surface area contributed by atoms with Crippen LogP contribution in [0.5, 0.6) is 0 Å². The van der Waals surface area contributed by atoms with Crippen LogP contribution in [0.15, 0.2) is 36.7 Å². The lowest BCUT2D eigenvalue weighted by molar-refractivity contribution is 0.528. The number of hydrogen-bond donors (Lipinski definition) is 2. The molecule has 0 radical (unpaired) electrons. The molecule has 2 aromatic heterocycles. The van der Waals surface area contributed by atoms with Crippen molar-refractivity contribution in [3.63, 3.8) is 0 Å². The summed E-state index contributed by atoms with van der Waals surface area (Å²) in [4.78, 5) is 8.98. The molecule has 4 heteroatoms. The minimum absolute atomic E-state index is 0.00822. The van der Waals surface area contributed by atoms with Gasteiger partial charge in [0.1, 0.15) is 0 Å². The molecule has 0 aliphatic rings. The van der Waals surface area contributed by atoms with Gasteiger partial charge in [0.2, 0.25) is 0 Å². The highest BCUT2D eigenvalue weighted by molar-refractivity contribution is 5.24. The fourth-order valence-corrected chi connectivity index (χ4v) is 2.29. The molecule has 20 heavy (non-hydrogen) atoms. The van der Waals surface area contributed by atoms with Gasteiger partial charge in [-0.05, 0) is 36.1 Å². The SMILES string of the molecule is CCc1ccc(CC(NN)c2ncccc2CC)nc1. The largest absolute Gasteiger partial charge is 0.271 e. The number of rotatable bonds is 6. The standard InChI is InChI=1S/C16H22N4/c1-3-12-7-8-14(19-11-12)10-15(20-17)16-13(4-2)6-5-9-18-16/h5-9,11,15,20H,3-4,10,17H2,1-2H3. The molecule has 0 spiro atoms. The van der Waals surface area contributed by atoms with Crippen LogP contribution >= 0.6 is 0 Å². The predicted octanol–water partition coefficient (Wildman–Crippen LogP) is 2.35. The Morgan fingerprint density at radius 2 is 2.00 bits per heavy atom. The van der Waals surface area contributed by atoms with E-state index in [2.05, 4.69) is 47.4 Å². The summed E-state index contributed by atoms with van der Waals surface area (Å²) in [6.07, 6.45) is 6.44. The topological polar surface area (TPSA) is 63.8 Å². The van der Waals surface area contributed by atoms with E-state index in [0.717, 1.165) is 30.7 Å². The van der Waals surface area contributed by atoms with E-state index >= 15 is 0 Å². The van der Waals surface area contributed by atoms with Crippen LogP contribution in [-0.4, -0.2) is 9.97 Å². The number of hydrazine groups is 1. The van der Waals surface area contributed by atoms with Gasteiger partial charge in [0.15, 0.2) is 0 Å². The molecule has 3 N–H and O–H groups in total. The molecular formula is C16H22N4. The maximum atomic E-state index is 5.71. The van der Waals surface area contributed by atoms with Crippen molar-refractivity contribution in [2.45, 2.75) is 39.2 Å². The van der Waals surface area contributed by atoms with Crippen LogP contribution in [0.1, 0.15) is 42.4 Å². The molecule has 0 bridgehead atoms. The van der Waals surface area contributed by atoms with Crippen LogP contribution in [0, 0.1) is 0 Å². The summed E-state index contributed by atoms with van der Waals surface area (Å²) < 4.78 is 0. The van der Waals surface area contributed by atoms with Crippen molar-refractivity contribution in [1.82, 2.24) is 15.4 Å². The van der Waals surface area contributed by atoms with E-state index in [1.54, 1.807) is 0 Å². The van der Waals surface area contributed by atoms with E-state index in [9.17, 15) is 0 Å². The highest BCUT2D eigenvalue weighted by Gasteiger charge is 2.15. The molecule has 1 atom stereocenters. The van der Waals surface area contributed by atoms with E-state index in [1.807, 2.05) is 18.5 Å². The Morgan fingerprint density at radius 3 is 2.60 bits per heavy atom. The van der Waals surface area contributed by atoms with Crippen molar-refractivity contribution >= 4 is 0 Å². The van der Waals surface area contributed by atoms with Gasteiger partial charge in [-0.25, -0.2) is 0 Å². The van der Waals surface area contributed by atoms with Crippen LogP contribution in [0.2, 0.25) is 0 Å². The molecule has 2 aromatic rings. The second kappa shape index (κ2) is 7.12. The van der Waals surface area contributed by atoms with E-state index in [1.165, 1.54) is 11.1 Å². The second-order valence-electron chi connectivity index (χ2n) is 4.84. The highest BCUT2D eigenvalue weighted by atomic mass is 15.2. The molecule has 1 unspecified atom stereocenters. The summed E-state index contributed by atoms with van der Waals surface area (Å²) in [5.41, 5.74) is 7.38. The molecule has 0 aliphatic carbocycles. The van der Waals surface area contributed by atoms with Crippen LogP contribution in [-0.2, 0) is 19.3 Å². The van der Waals surface area contributed by atoms with Crippen molar-refractivity contribution in [3.05, 3.63) is 59.2 Å². The second-order valence-corrected chi connectivity index (χ2v) is 4.84. The highest BCUT2D eigenvalue weighted by Crippen LogP contribution is 2.19. The fraction of sp³-hybridized carbons (Fsp3) is 0.375. The lowest BCUT2D eigenvalue weighted by atomic mass is 10.0. The predicted molar refractivity (Wildman–Crippen MR) is 81.0 cm³/mol. The lowest BCUT2D eigenvalue weighted by Crippen LogP contribution is -2.31. The molecule has 0 fully saturated rings. The van der Waals surface area contributed by atoms with Gasteiger partial charge in [-0.3, -0.25) is 21.2 Å². The van der Waals surface area contributed by atoms with Gasteiger partial charge in [-0.15, -0.1) is 0 Å². The number of nitrogens with zero attached hydrogens (tertiary/aromatic N) is 2. The lowest BCUT2D eigenvalue weighted by Gasteiger charge is -2.18. The van der Waals surface area contributed by atoms with Crippen molar-refractivity contribution in [2.75, 3.05) is 0 Å². The molecular weight excluding hydrogens is 248 g/mol. The molecule has 2 rings (SSSR count). The molecule has 0 saturated heterocycles. The minimum atomic E-state index is -0.00822. The van der Waals surface area contributed by atoms with E-state index < -0.39 is 0 Å². The van der Waals surface area contributed by atoms with Crippen molar-refractivity contribution in [1.29, 1.82) is 0 Å². The average molecular weight is 270 g/mol. The number of aromatic nitrogens is 2. The first-order valence-corrected chi connectivity index (χ1v) is 7.12. The molecule has 106 valence electrons. The van der Waals surface area contributed by atoms with Crippen LogP contribution in [0.25, 0.3) is 0 Å². The van der Waals surface area contributed by atoms with E-state index in [-0.39, 0.29) is 6.04 Å². The molecule has 4 nitrogen and oxygen atoms in total. The zero-order chi connectivity index (χ0) is 14.4. The Morgan fingerprint density at radius 1 is 1.15 bits per heavy atom. The first kappa shape index (κ1) is 14.6. The normalized spacial score (nSPS) is 12.3. The smallest absolute Gasteiger partial charge is 0.0690 e. The summed E-state index contributed by atoms with van der Waals surface area (Å²) in [6, 6.07) is 8.24. The number of nitrogens with two attached hydrogens (primary N) is 1. The monoisotopic (exact) mass is 270 g/mol. The third-order valence-electron chi connectivity index (χ3n) is 3.55. The maximum Gasteiger partial charge on any atom is 0.0690 e. The van der Waals surface area contributed by atoms with Crippen molar-refractivity contribution in [3.8, 4) is 0 Å². The van der Waals surface area contributed by atoms with Crippen molar-refractivity contribution in [2.24, 2.45) is 5.84 Å². The minimum Gasteiger partial charge on any atom is -0.271 e. The Kier molecular flexibility index (Phi) is 5.21.